The number of hydrogen-bond acceptors (Lipinski definition) is 4. The topological polar surface area (TPSA) is 59.6 Å². The summed E-state index contributed by atoms with van der Waals surface area (Å²) in [6, 6.07) is 6.01. The number of benzene rings is 1. The number of fused-ring (bicyclic) bond motifs is 1. The van der Waals surface area contributed by atoms with Crippen LogP contribution in [0, 0.1) is 0 Å². The van der Waals surface area contributed by atoms with Crippen LogP contribution in [0.2, 0.25) is 0 Å². The van der Waals surface area contributed by atoms with Gasteiger partial charge in [-0.05, 0) is 31.0 Å². The molecule has 0 spiro atoms. The van der Waals surface area contributed by atoms with E-state index < -0.39 is 0 Å². The summed E-state index contributed by atoms with van der Waals surface area (Å²) in [4.78, 5) is 11.6. The summed E-state index contributed by atoms with van der Waals surface area (Å²) in [7, 11) is 0. The second kappa shape index (κ2) is 7.88. The van der Waals surface area contributed by atoms with E-state index in [9.17, 15) is 4.79 Å². The third kappa shape index (κ3) is 4.63. The molecule has 116 valence electrons. The van der Waals surface area contributed by atoms with Crippen molar-refractivity contribution in [3.05, 3.63) is 23.8 Å². The van der Waals surface area contributed by atoms with Crippen molar-refractivity contribution in [1.82, 2.24) is 10.6 Å². The molecule has 5 heteroatoms. The predicted octanol–water partition coefficient (Wildman–Crippen LogP) is 2.02. The van der Waals surface area contributed by atoms with Crippen LogP contribution in [-0.4, -0.2) is 32.2 Å². The second-order valence-corrected chi connectivity index (χ2v) is 5.21. The molecule has 0 bridgehead atoms. The first-order valence-electron chi connectivity index (χ1n) is 7.60. The number of rotatable bonds is 6. The summed E-state index contributed by atoms with van der Waals surface area (Å²) in [5.41, 5.74) is 1.09. The fourth-order valence-electron chi connectivity index (χ4n) is 2.14. The lowest BCUT2D eigenvalue weighted by molar-refractivity contribution is -0.120. The van der Waals surface area contributed by atoms with Crippen LogP contribution in [0.3, 0.4) is 0 Å². The van der Waals surface area contributed by atoms with Gasteiger partial charge in [-0.3, -0.25) is 4.79 Å². The minimum Gasteiger partial charge on any atom is -0.490 e. The van der Waals surface area contributed by atoms with E-state index in [2.05, 4.69) is 10.6 Å². The summed E-state index contributed by atoms with van der Waals surface area (Å²) in [5, 5.41) is 6.07. The Balaban J connectivity index is 1.91. The molecule has 1 atom stereocenters. The highest BCUT2D eigenvalue weighted by Crippen LogP contribution is 2.32. The lowest BCUT2D eigenvalue weighted by Gasteiger charge is -2.16. The van der Waals surface area contributed by atoms with Gasteiger partial charge in [-0.1, -0.05) is 13.0 Å². The van der Waals surface area contributed by atoms with E-state index in [4.69, 9.17) is 9.47 Å². The van der Waals surface area contributed by atoms with E-state index >= 15 is 0 Å². The Kier molecular flexibility index (Phi) is 5.87. The van der Waals surface area contributed by atoms with Crippen LogP contribution in [0.1, 0.15) is 38.3 Å². The maximum absolute atomic E-state index is 11.6. The Morgan fingerprint density at radius 3 is 2.81 bits per heavy atom. The predicted molar refractivity (Wildman–Crippen MR) is 81.8 cm³/mol. The van der Waals surface area contributed by atoms with Gasteiger partial charge in [-0.15, -0.1) is 0 Å². The first-order valence-corrected chi connectivity index (χ1v) is 7.60. The first-order chi connectivity index (χ1) is 10.2. The number of carbonyl (C=O) groups is 1. The smallest absolute Gasteiger partial charge is 0.233 e. The van der Waals surface area contributed by atoms with Gasteiger partial charge in [0.1, 0.15) is 0 Å². The summed E-state index contributed by atoms with van der Waals surface area (Å²) >= 11 is 0. The Labute approximate surface area is 126 Å². The number of ether oxygens (including phenoxy) is 2. The van der Waals surface area contributed by atoms with E-state index in [1.165, 1.54) is 0 Å². The summed E-state index contributed by atoms with van der Waals surface area (Å²) < 4.78 is 11.3. The van der Waals surface area contributed by atoms with Crippen molar-refractivity contribution >= 4 is 5.91 Å². The van der Waals surface area contributed by atoms with Gasteiger partial charge in [-0.25, -0.2) is 0 Å². The van der Waals surface area contributed by atoms with Crippen molar-refractivity contribution in [3.63, 3.8) is 0 Å². The van der Waals surface area contributed by atoms with Gasteiger partial charge in [-0.2, -0.15) is 0 Å². The monoisotopic (exact) mass is 292 g/mol. The van der Waals surface area contributed by atoms with Crippen LogP contribution in [0.25, 0.3) is 0 Å². The van der Waals surface area contributed by atoms with E-state index in [0.717, 1.165) is 36.4 Å². The Bertz CT molecular complexity index is 477. The Morgan fingerprint density at radius 2 is 2.05 bits per heavy atom. The molecule has 21 heavy (non-hydrogen) atoms. The number of carbonyl (C=O) groups excluding carboxylic acids is 1. The van der Waals surface area contributed by atoms with Gasteiger partial charge in [0.2, 0.25) is 5.91 Å². The lowest BCUT2D eigenvalue weighted by atomic mass is 10.1. The zero-order chi connectivity index (χ0) is 15.1. The van der Waals surface area contributed by atoms with Crippen molar-refractivity contribution in [1.29, 1.82) is 0 Å². The third-order valence-corrected chi connectivity index (χ3v) is 3.41. The number of nitrogens with one attached hydrogen (secondary N) is 2. The van der Waals surface area contributed by atoms with E-state index in [1.807, 2.05) is 32.0 Å². The van der Waals surface area contributed by atoms with Crippen molar-refractivity contribution in [2.75, 3.05) is 26.3 Å². The average Bonchev–Trinajstić information content (AvgIpc) is 2.74. The normalized spacial score (nSPS) is 15.1. The standard InChI is InChI=1S/C16H24N2O3/c1-3-7-17-16(19)11-18-12(2)13-5-6-14-15(10-13)21-9-4-8-20-14/h5-6,10,12,18H,3-4,7-9,11H2,1-2H3,(H,17,19). The Hall–Kier alpha value is -1.75. The van der Waals surface area contributed by atoms with Crippen LogP contribution in [0.15, 0.2) is 18.2 Å². The molecule has 5 nitrogen and oxygen atoms in total. The summed E-state index contributed by atoms with van der Waals surface area (Å²) in [6.45, 7) is 6.48. The Morgan fingerprint density at radius 1 is 1.29 bits per heavy atom. The minimum atomic E-state index is 0.0260. The van der Waals surface area contributed by atoms with Crippen molar-refractivity contribution < 1.29 is 14.3 Å². The van der Waals surface area contributed by atoms with Crippen LogP contribution < -0.4 is 20.1 Å². The molecular weight excluding hydrogens is 268 g/mol. The summed E-state index contributed by atoms with van der Waals surface area (Å²) in [6.07, 6.45) is 1.85. The lowest BCUT2D eigenvalue weighted by Crippen LogP contribution is -2.35. The van der Waals surface area contributed by atoms with Gasteiger partial charge in [0.05, 0.1) is 19.8 Å². The van der Waals surface area contributed by atoms with Crippen LogP contribution in [-0.2, 0) is 4.79 Å². The molecule has 1 unspecified atom stereocenters. The van der Waals surface area contributed by atoms with Crippen molar-refractivity contribution in [2.24, 2.45) is 0 Å². The van der Waals surface area contributed by atoms with Crippen molar-refractivity contribution in [2.45, 2.75) is 32.7 Å². The number of amides is 1. The molecule has 0 radical (unpaired) electrons. The number of hydrogen-bond donors (Lipinski definition) is 2. The minimum absolute atomic E-state index is 0.0260. The highest BCUT2D eigenvalue weighted by atomic mass is 16.5. The van der Waals surface area contributed by atoms with Crippen LogP contribution in [0.4, 0.5) is 0 Å². The fraction of sp³-hybridized carbons (Fsp3) is 0.562. The van der Waals surface area contributed by atoms with E-state index in [1.54, 1.807) is 0 Å². The fourth-order valence-corrected chi connectivity index (χ4v) is 2.14. The molecule has 2 rings (SSSR count). The second-order valence-electron chi connectivity index (χ2n) is 5.21. The quantitative estimate of drug-likeness (QED) is 0.842. The molecule has 1 aromatic rings. The maximum atomic E-state index is 11.6. The highest BCUT2D eigenvalue weighted by molar-refractivity contribution is 5.78. The molecule has 1 aliphatic heterocycles. The van der Waals surface area contributed by atoms with Crippen LogP contribution in [0.5, 0.6) is 11.5 Å². The van der Waals surface area contributed by atoms with Gasteiger partial charge in [0, 0.05) is 19.0 Å². The molecule has 1 amide bonds. The molecule has 1 heterocycles. The molecule has 0 aliphatic carbocycles. The van der Waals surface area contributed by atoms with E-state index in [0.29, 0.717) is 19.8 Å². The average molecular weight is 292 g/mol. The van der Waals surface area contributed by atoms with Gasteiger partial charge < -0.3 is 20.1 Å². The van der Waals surface area contributed by atoms with Crippen LogP contribution >= 0.6 is 0 Å². The van der Waals surface area contributed by atoms with Gasteiger partial charge in [0.15, 0.2) is 11.5 Å². The molecule has 0 saturated heterocycles. The molecular formula is C16H24N2O3. The highest BCUT2D eigenvalue weighted by Gasteiger charge is 2.14. The van der Waals surface area contributed by atoms with Crippen molar-refractivity contribution in [3.8, 4) is 11.5 Å². The largest absolute Gasteiger partial charge is 0.490 e. The summed E-state index contributed by atoms with van der Waals surface area (Å²) in [5.74, 6) is 1.61. The van der Waals surface area contributed by atoms with E-state index in [-0.39, 0.29) is 11.9 Å². The molecule has 2 N–H and O–H groups in total. The molecule has 0 saturated carbocycles. The molecule has 1 aromatic carbocycles. The first kappa shape index (κ1) is 15.6. The zero-order valence-corrected chi connectivity index (χ0v) is 12.8. The van der Waals surface area contributed by atoms with Gasteiger partial charge in [0.25, 0.3) is 0 Å². The van der Waals surface area contributed by atoms with Gasteiger partial charge >= 0.3 is 0 Å². The molecule has 0 fully saturated rings. The molecule has 0 aromatic heterocycles. The SMILES string of the molecule is CCCNC(=O)CNC(C)c1ccc2c(c1)OCCCO2. The zero-order valence-electron chi connectivity index (χ0n) is 12.8. The maximum Gasteiger partial charge on any atom is 0.233 e. The molecule has 1 aliphatic rings. The third-order valence-electron chi connectivity index (χ3n) is 3.41.